The van der Waals surface area contributed by atoms with Crippen molar-refractivity contribution in [1.82, 2.24) is 0 Å². The van der Waals surface area contributed by atoms with E-state index in [0.717, 1.165) is 5.56 Å². The molecular formula is C13H13ClFN. The van der Waals surface area contributed by atoms with Crippen molar-refractivity contribution in [2.45, 2.75) is 13.8 Å². The van der Waals surface area contributed by atoms with Crippen LogP contribution >= 0.6 is 11.6 Å². The normalized spacial score (nSPS) is 12.1. The van der Waals surface area contributed by atoms with E-state index < -0.39 is 5.82 Å². The minimum atomic E-state index is -0.396. The second-order valence-electron chi connectivity index (χ2n) is 3.22. The largest absolute Gasteiger partial charge is 0.257 e. The van der Waals surface area contributed by atoms with Crippen LogP contribution in [0.2, 0.25) is 5.02 Å². The fourth-order valence-corrected chi connectivity index (χ4v) is 1.57. The molecule has 0 heterocycles. The van der Waals surface area contributed by atoms with Gasteiger partial charge in [-0.25, -0.2) is 4.39 Å². The van der Waals surface area contributed by atoms with E-state index in [9.17, 15) is 4.39 Å². The van der Waals surface area contributed by atoms with Gasteiger partial charge >= 0.3 is 0 Å². The number of hydrogen-bond donors (Lipinski definition) is 0. The summed E-state index contributed by atoms with van der Waals surface area (Å²) in [5.74, 6) is -0.396. The maximum atomic E-state index is 13.6. The molecule has 3 heteroatoms. The first kappa shape index (κ1) is 12.7. The molecule has 0 aliphatic rings. The standard InChI is InChI=1S/C13H13ClFN/c1-4-8-16-12(5-2)10-6-7-11(14)13(15)9(10)3/h4-8H,1H2,2-3H3/b12-5-,16-8?. The SMILES string of the molecule is C=CC=N/C(=C\C)c1ccc(Cl)c(F)c1C. The lowest BCUT2D eigenvalue weighted by Crippen LogP contribution is -1.92. The van der Waals surface area contributed by atoms with E-state index in [1.54, 1.807) is 25.3 Å². The summed E-state index contributed by atoms with van der Waals surface area (Å²) in [6.07, 6.45) is 4.96. The maximum Gasteiger partial charge on any atom is 0.145 e. The van der Waals surface area contributed by atoms with Gasteiger partial charge in [-0.3, -0.25) is 4.99 Å². The van der Waals surface area contributed by atoms with Crippen molar-refractivity contribution in [3.63, 3.8) is 0 Å². The Hall–Kier alpha value is -1.41. The van der Waals surface area contributed by atoms with Gasteiger partial charge in [0.15, 0.2) is 0 Å². The summed E-state index contributed by atoms with van der Waals surface area (Å²) in [6, 6.07) is 3.29. The molecule has 0 spiro atoms. The first-order valence-electron chi connectivity index (χ1n) is 4.88. The van der Waals surface area contributed by atoms with Crippen LogP contribution in [0.1, 0.15) is 18.1 Å². The lowest BCUT2D eigenvalue weighted by molar-refractivity contribution is 0.618. The second kappa shape index (κ2) is 5.61. The van der Waals surface area contributed by atoms with Crippen LogP contribution in [0.4, 0.5) is 4.39 Å². The van der Waals surface area contributed by atoms with Gasteiger partial charge in [-0.1, -0.05) is 36.4 Å². The average Bonchev–Trinajstić information content (AvgIpc) is 2.29. The van der Waals surface area contributed by atoms with E-state index in [1.165, 1.54) is 6.07 Å². The van der Waals surface area contributed by atoms with Gasteiger partial charge in [-0.15, -0.1) is 0 Å². The van der Waals surface area contributed by atoms with Gasteiger partial charge in [0.05, 0.1) is 10.7 Å². The molecular weight excluding hydrogens is 225 g/mol. The number of hydrogen-bond acceptors (Lipinski definition) is 1. The Kier molecular flexibility index (Phi) is 4.44. The van der Waals surface area contributed by atoms with E-state index >= 15 is 0 Å². The van der Waals surface area contributed by atoms with Crippen LogP contribution in [0.15, 0.2) is 35.9 Å². The quantitative estimate of drug-likeness (QED) is 0.691. The smallest absolute Gasteiger partial charge is 0.145 e. The highest BCUT2D eigenvalue weighted by Crippen LogP contribution is 2.26. The van der Waals surface area contributed by atoms with Crippen molar-refractivity contribution in [2.75, 3.05) is 0 Å². The number of halogens is 2. The molecule has 16 heavy (non-hydrogen) atoms. The molecule has 0 atom stereocenters. The molecule has 1 rings (SSSR count). The minimum Gasteiger partial charge on any atom is -0.257 e. The predicted molar refractivity (Wildman–Crippen MR) is 68.5 cm³/mol. The van der Waals surface area contributed by atoms with Gasteiger partial charge in [-0.2, -0.15) is 0 Å². The first-order valence-corrected chi connectivity index (χ1v) is 5.26. The summed E-state index contributed by atoms with van der Waals surface area (Å²) < 4.78 is 13.6. The maximum absolute atomic E-state index is 13.6. The molecule has 1 aromatic rings. The molecule has 0 unspecified atom stereocenters. The highest BCUT2D eigenvalue weighted by atomic mass is 35.5. The van der Waals surface area contributed by atoms with Crippen LogP contribution < -0.4 is 0 Å². The molecule has 0 aliphatic carbocycles. The third kappa shape index (κ3) is 2.58. The summed E-state index contributed by atoms with van der Waals surface area (Å²) >= 11 is 5.69. The van der Waals surface area contributed by atoms with Crippen LogP contribution in [0.5, 0.6) is 0 Å². The molecule has 0 aliphatic heterocycles. The van der Waals surface area contributed by atoms with Crippen LogP contribution in [-0.2, 0) is 0 Å². The summed E-state index contributed by atoms with van der Waals surface area (Å²) in [5, 5.41) is 0.129. The highest BCUT2D eigenvalue weighted by molar-refractivity contribution is 6.30. The molecule has 0 amide bonds. The van der Waals surface area contributed by atoms with Gasteiger partial charge in [0, 0.05) is 11.8 Å². The fraction of sp³-hybridized carbons (Fsp3) is 0.154. The van der Waals surface area contributed by atoms with Crippen molar-refractivity contribution >= 4 is 23.5 Å². The predicted octanol–water partition coefficient (Wildman–Crippen LogP) is 4.41. The van der Waals surface area contributed by atoms with E-state index in [0.29, 0.717) is 11.3 Å². The highest BCUT2D eigenvalue weighted by Gasteiger charge is 2.10. The number of allylic oxidation sites excluding steroid dienone is 2. The van der Waals surface area contributed by atoms with E-state index in [2.05, 4.69) is 11.6 Å². The molecule has 0 radical (unpaired) electrons. The number of rotatable bonds is 3. The summed E-state index contributed by atoms with van der Waals surface area (Å²) in [4.78, 5) is 4.17. The van der Waals surface area contributed by atoms with Gasteiger partial charge in [0.25, 0.3) is 0 Å². The van der Waals surface area contributed by atoms with Crippen molar-refractivity contribution < 1.29 is 4.39 Å². The van der Waals surface area contributed by atoms with Gasteiger partial charge in [0.2, 0.25) is 0 Å². The molecule has 0 fully saturated rings. The van der Waals surface area contributed by atoms with E-state index in [-0.39, 0.29) is 5.02 Å². The third-order valence-electron chi connectivity index (χ3n) is 2.21. The lowest BCUT2D eigenvalue weighted by atomic mass is 10.1. The topological polar surface area (TPSA) is 12.4 Å². The zero-order chi connectivity index (χ0) is 12.1. The molecule has 84 valence electrons. The molecule has 1 aromatic carbocycles. The summed E-state index contributed by atoms with van der Waals surface area (Å²) in [7, 11) is 0. The van der Waals surface area contributed by atoms with E-state index in [1.807, 2.05) is 13.0 Å². The second-order valence-corrected chi connectivity index (χ2v) is 3.63. The van der Waals surface area contributed by atoms with Crippen molar-refractivity contribution in [2.24, 2.45) is 4.99 Å². The third-order valence-corrected chi connectivity index (χ3v) is 2.50. The van der Waals surface area contributed by atoms with Crippen molar-refractivity contribution in [3.8, 4) is 0 Å². The zero-order valence-corrected chi connectivity index (χ0v) is 10.1. The average molecular weight is 238 g/mol. The Bertz CT molecular complexity index is 461. The Labute approximate surface area is 100.0 Å². The lowest BCUT2D eigenvalue weighted by Gasteiger charge is -2.07. The molecule has 0 aromatic heterocycles. The molecule has 0 saturated heterocycles. The summed E-state index contributed by atoms with van der Waals surface area (Å²) in [6.45, 7) is 7.08. The zero-order valence-electron chi connectivity index (χ0n) is 9.30. The van der Waals surface area contributed by atoms with Crippen LogP contribution in [0.3, 0.4) is 0 Å². The fourth-order valence-electron chi connectivity index (χ4n) is 1.36. The first-order chi connectivity index (χ1) is 7.61. The Morgan fingerprint density at radius 3 is 2.75 bits per heavy atom. The monoisotopic (exact) mass is 237 g/mol. The Morgan fingerprint density at radius 2 is 2.19 bits per heavy atom. The Morgan fingerprint density at radius 1 is 1.50 bits per heavy atom. The van der Waals surface area contributed by atoms with Gasteiger partial charge in [0.1, 0.15) is 5.82 Å². The van der Waals surface area contributed by atoms with Gasteiger partial charge < -0.3 is 0 Å². The van der Waals surface area contributed by atoms with Crippen LogP contribution in [0, 0.1) is 12.7 Å². The summed E-state index contributed by atoms with van der Waals surface area (Å²) in [5.41, 5.74) is 1.94. The van der Waals surface area contributed by atoms with Gasteiger partial charge in [-0.05, 0) is 25.5 Å². The van der Waals surface area contributed by atoms with E-state index in [4.69, 9.17) is 11.6 Å². The van der Waals surface area contributed by atoms with Crippen LogP contribution in [-0.4, -0.2) is 6.21 Å². The minimum absolute atomic E-state index is 0.129. The molecule has 0 N–H and O–H groups in total. The van der Waals surface area contributed by atoms with Crippen LogP contribution in [0.25, 0.3) is 5.70 Å². The number of nitrogens with zero attached hydrogens (tertiary/aromatic N) is 1. The number of benzene rings is 1. The molecule has 0 bridgehead atoms. The van der Waals surface area contributed by atoms with Crippen molar-refractivity contribution in [1.29, 1.82) is 0 Å². The molecule has 1 nitrogen and oxygen atoms in total. The number of aliphatic imine (C=N–C) groups is 1. The Balaban J connectivity index is 3.27. The molecule has 0 saturated carbocycles. The van der Waals surface area contributed by atoms with Crippen molar-refractivity contribution in [3.05, 3.63) is 52.8 Å².